The molecule has 6 nitrogen and oxygen atoms in total. The van der Waals surface area contributed by atoms with Crippen molar-refractivity contribution >= 4 is 5.91 Å². The third-order valence-electron chi connectivity index (χ3n) is 12.6. The van der Waals surface area contributed by atoms with Crippen LogP contribution in [0, 0.1) is 0 Å². The fraction of sp³-hybridized carbons (Fsp3) is 0.980. The Morgan fingerprint density at radius 1 is 0.368 bits per heavy atom. The molecule has 1 amide bonds. The second-order valence-electron chi connectivity index (χ2n) is 18.2. The monoisotopic (exact) mass is 810 g/mol. The van der Waals surface area contributed by atoms with Gasteiger partial charge in [0.1, 0.15) is 12.2 Å². The molecule has 0 saturated carbocycles. The molecule has 4 unspecified atom stereocenters. The van der Waals surface area contributed by atoms with Crippen LogP contribution in [0.3, 0.4) is 0 Å². The van der Waals surface area contributed by atoms with E-state index in [-0.39, 0.29) is 0 Å². The van der Waals surface area contributed by atoms with Gasteiger partial charge in [-0.05, 0) is 12.8 Å². The zero-order valence-electron chi connectivity index (χ0n) is 38.6. The van der Waals surface area contributed by atoms with E-state index in [9.17, 15) is 25.2 Å². The van der Waals surface area contributed by atoms with Gasteiger partial charge in [0.25, 0.3) is 0 Å². The SMILES string of the molecule is CCCCCCCCCCCCCCCCCCCCCCCCCCCCCCCCCC(O)C(O)C(CO)NC(=O)C(O)CCCCCCCCCCCC. The summed E-state index contributed by atoms with van der Waals surface area (Å²) < 4.78 is 0. The largest absolute Gasteiger partial charge is 0.394 e. The molecule has 0 radical (unpaired) electrons. The third-order valence-corrected chi connectivity index (χ3v) is 12.6. The summed E-state index contributed by atoms with van der Waals surface area (Å²) in [7, 11) is 0. The van der Waals surface area contributed by atoms with E-state index in [4.69, 9.17) is 0 Å². The highest BCUT2D eigenvalue weighted by Gasteiger charge is 2.28. The number of hydrogen-bond donors (Lipinski definition) is 5. The van der Waals surface area contributed by atoms with Crippen LogP contribution >= 0.6 is 0 Å². The minimum absolute atomic E-state index is 0.374. The van der Waals surface area contributed by atoms with E-state index in [1.165, 1.54) is 225 Å². The van der Waals surface area contributed by atoms with Gasteiger partial charge in [0, 0.05) is 0 Å². The number of carbonyl (C=O) groups is 1. The Morgan fingerprint density at radius 2 is 0.596 bits per heavy atom. The summed E-state index contributed by atoms with van der Waals surface area (Å²) in [4.78, 5) is 12.5. The maximum Gasteiger partial charge on any atom is 0.249 e. The number of aliphatic hydroxyl groups is 4. The molecule has 57 heavy (non-hydrogen) atoms. The summed E-state index contributed by atoms with van der Waals surface area (Å²) in [5, 5.41) is 43.7. The summed E-state index contributed by atoms with van der Waals surface area (Å²) in [5.41, 5.74) is 0. The summed E-state index contributed by atoms with van der Waals surface area (Å²) in [6.45, 7) is 4.05. The number of unbranched alkanes of at least 4 members (excludes halogenated alkanes) is 39. The van der Waals surface area contributed by atoms with Gasteiger partial charge in [-0.1, -0.05) is 277 Å². The van der Waals surface area contributed by atoms with Crippen LogP contribution < -0.4 is 5.32 Å². The summed E-state index contributed by atoms with van der Waals surface area (Å²) in [6, 6.07) is -0.978. The van der Waals surface area contributed by atoms with Crippen molar-refractivity contribution in [2.75, 3.05) is 6.61 Å². The molecule has 5 N–H and O–H groups in total. The predicted octanol–water partition coefficient (Wildman–Crippen LogP) is 14.4. The second kappa shape index (κ2) is 46.4. The zero-order chi connectivity index (χ0) is 41.7. The van der Waals surface area contributed by atoms with Gasteiger partial charge >= 0.3 is 0 Å². The van der Waals surface area contributed by atoms with Crippen LogP contribution in [0.2, 0.25) is 0 Å². The first kappa shape index (κ1) is 56.3. The molecule has 4 atom stereocenters. The topological polar surface area (TPSA) is 110 Å². The Kier molecular flexibility index (Phi) is 45.8. The highest BCUT2D eigenvalue weighted by Crippen LogP contribution is 2.18. The normalized spacial score (nSPS) is 13.9. The molecule has 0 spiro atoms. The highest BCUT2D eigenvalue weighted by molar-refractivity contribution is 5.80. The number of rotatable bonds is 48. The van der Waals surface area contributed by atoms with E-state index in [0.717, 1.165) is 38.5 Å². The van der Waals surface area contributed by atoms with E-state index in [0.29, 0.717) is 12.8 Å². The zero-order valence-corrected chi connectivity index (χ0v) is 38.6. The number of aliphatic hydroxyl groups excluding tert-OH is 4. The average Bonchev–Trinajstić information content (AvgIpc) is 3.22. The molecule has 0 heterocycles. The molecule has 6 heteroatoms. The van der Waals surface area contributed by atoms with Crippen molar-refractivity contribution < 1.29 is 25.2 Å². The maximum absolute atomic E-state index is 12.5. The van der Waals surface area contributed by atoms with E-state index in [1.807, 2.05) is 0 Å². The first-order valence-electron chi connectivity index (χ1n) is 25.9. The van der Waals surface area contributed by atoms with Crippen LogP contribution in [-0.2, 0) is 4.79 Å². The Morgan fingerprint density at radius 3 is 0.842 bits per heavy atom. The van der Waals surface area contributed by atoms with Crippen molar-refractivity contribution in [2.24, 2.45) is 0 Å². The lowest BCUT2D eigenvalue weighted by molar-refractivity contribution is -0.132. The van der Waals surface area contributed by atoms with E-state index >= 15 is 0 Å². The van der Waals surface area contributed by atoms with Crippen LogP contribution in [0.4, 0.5) is 0 Å². The van der Waals surface area contributed by atoms with Crippen LogP contribution in [0.5, 0.6) is 0 Å². The van der Waals surface area contributed by atoms with Gasteiger partial charge in [0.15, 0.2) is 0 Å². The molecule has 0 bridgehead atoms. The number of nitrogens with one attached hydrogen (secondary N) is 1. The number of carbonyl (C=O) groups excluding carboxylic acids is 1. The molecule has 0 aromatic carbocycles. The first-order chi connectivity index (χ1) is 28.0. The Labute approximate surface area is 356 Å². The molecule has 0 aliphatic heterocycles. The van der Waals surface area contributed by atoms with Crippen molar-refractivity contribution in [2.45, 2.75) is 314 Å². The van der Waals surface area contributed by atoms with Crippen LogP contribution in [-0.4, -0.2) is 57.3 Å². The summed E-state index contributed by atoms with van der Waals surface area (Å²) in [6.07, 6.45) is 51.8. The van der Waals surface area contributed by atoms with Gasteiger partial charge < -0.3 is 25.7 Å². The lowest BCUT2D eigenvalue weighted by Crippen LogP contribution is -2.53. The molecule has 0 aromatic heterocycles. The minimum Gasteiger partial charge on any atom is -0.394 e. The van der Waals surface area contributed by atoms with Gasteiger partial charge in [-0.3, -0.25) is 4.79 Å². The summed E-state index contributed by atoms with van der Waals surface area (Å²) in [5.74, 6) is -0.581. The van der Waals surface area contributed by atoms with Gasteiger partial charge in [-0.2, -0.15) is 0 Å². The molecular weight excluding hydrogens is 707 g/mol. The Balaban J connectivity index is 3.50. The summed E-state index contributed by atoms with van der Waals surface area (Å²) >= 11 is 0. The third kappa shape index (κ3) is 40.5. The molecular formula is C51H103NO5. The lowest BCUT2D eigenvalue weighted by Gasteiger charge is -2.27. The fourth-order valence-electron chi connectivity index (χ4n) is 8.47. The van der Waals surface area contributed by atoms with Crippen molar-refractivity contribution in [3.8, 4) is 0 Å². The smallest absolute Gasteiger partial charge is 0.249 e. The number of hydrogen-bond acceptors (Lipinski definition) is 5. The molecule has 0 aromatic rings. The molecule has 0 fully saturated rings. The predicted molar refractivity (Wildman–Crippen MR) is 247 cm³/mol. The molecule has 0 saturated heterocycles. The second-order valence-corrected chi connectivity index (χ2v) is 18.2. The standard InChI is InChI=1S/C51H103NO5/c1-3-5-7-9-11-13-15-16-17-18-19-20-21-22-23-24-25-26-27-28-29-30-31-32-33-34-35-37-38-40-42-44-48(54)50(56)47(46-53)52-51(57)49(55)45-43-41-39-36-14-12-10-8-6-4-2/h47-50,53-56H,3-46H2,1-2H3,(H,52,57). The van der Waals surface area contributed by atoms with Crippen LogP contribution in [0.25, 0.3) is 0 Å². The molecule has 0 aliphatic rings. The first-order valence-corrected chi connectivity index (χ1v) is 25.9. The molecule has 0 rings (SSSR count). The number of amides is 1. The lowest BCUT2D eigenvalue weighted by atomic mass is 9.99. The molecule has 0 aliphatic carbocycles. The minimum atomic E-state index is -1.25. The fourth-order valence-corrected chi connectivity index (χ4v) is 8.47. The van der Waals surface area contributed by atoms with Crippen molar-refractivity contribution in [1.82, 2.24) is 5.32 Å². The Bertz CT molecular complexity index is 781. The van der Waals surface area contributed by atoms with Crippen LogP contribution in [0.1, 0.15) is 290 Å². The van der Waals surface area contributed by atoms with E-state index in [2.05, 4.69) is 19.2 Å². The maximum atomic E-state index is 12.5. The quantitative estimate of drug-likeness (QED) is 0.0393. The molecule has 342 valence electrons. The van der Waals surface area contributed by atoms with Crippen molar-refractivity contribution in [3.63, 3.8) is 0 Å². The van der Waals surface area contributed by atoms with Gasteiger partial charge in [-0.25, -0.2) is 0 Å². The van der Waals surface area contributed by atoms with Gasteiger partial charge in [0.2, 0.25) is 5.91 Å². The van der Waals surface area contributed by atoms with E-state index in [1.54, 1.807) is 0 Å². The van der Waals surface area contributed by atoms with E-state index < -0.39 is 36.9 Å². The average molecular weight is 810 g/mol. The van der Waals surface area contributed by atoms with Crippen molar-refractivity contribution in [3.05, 3.63) is 0 Å². The van der Waals surface area contributed by atoms with Gasteiger partial charge in [0.05, 0.1) is 18.8 Å². The van der Waals surface area contributed by atoms with Gasteiger partial charge in [-0.15, -0.1) is 0 Å². The van der Waals surface area contributed by atoms with Crippen LogP contribution in [0.15, 0.2) is 0 Å². The van der Waals surface area contributed by atoms with Crippen molar-refractivity contribution in [1.29, 1.82) is 0 Å². The highest BCUT2D eigenvalue weighted by atomic mass is 16.3. The Hall–Kier alpha value is -0.690.